The van der Waals surface area contributed by atoms with Crippen LogP contribution in [-0.2, 0) is 14.1 Å². The Morgan fingerprint density at radius 2 is 1.00 bits per heavy atom. The van der Waals surface area contributed by atoms with E-state index in [1.807, 2.05) is 74.5 Å². The molecular weight excluding hydrogens is 460 g/mol. The van der Waals surface area contributed by atoms with Gasteiger partial charge in [-0.05, 0) is 52.0 Å². The summed E-state index contributed by atoms with van der Waals surface area (Å²) in [6.07, 6.45) is 0. The molecule has 4 aromatic rings. The van der Waals surface area contributed by atoms with Crippen molar-refractivity contribution >= 4 is 11.4 Å². The highest BCUT2D eigenvalue weighted by atomic mass is 16.6. The average molecular weight is 491 g/mol. The number of nitrogens with zero attached hydrogens (tertiary/aromatic N) is 6. The van der Waals surface area contributed by atoms with Gasteiger partial charge in [0.2, 0.25) is 11.8 Å². The number of aryl methyl sites for hydroxylation is 4. The number of oxime groups is 2. The standard InChI is InChI=1S/2C13H15N3O2/c2*1-9-12(13(17)16(3)14-9)10(2)15-18-11-7-5-4-6-8-11/h2*4-8,17H,1-3H3. The zero-order valence-electron chi connectivity index (χ0n) is 21.2. The number of hydrogen-bond donors (Lipinski definition) is 2. The smallest absolute Gasteiger partial charge is 0.218 e. The van der Waals surface area contributed by atoms with E-state index in [0.717, 1.165) is 0 Å². The summed E-state index contributed by atoms with van der Waals surface area (Å²) in [5, 5.41) is 35.9. The average Bonchev–Trinajstić information content (AvgIpc) is 3.28. The Labute approximate surface area is 209 Å². The van der Waals surface area contributed by atoms with Crippen molar-refractivity contribution in [1.82, 2.24) is 19.6 Å². The van der Waals surface area contributed by atoms with E-state index in [0.29, 0.717) is 45.4 Å². The van der Waals surface area contributed by atoms with Crippen LogP contribution in [0.2, 0.25) is 0 Å². The molecule has 188 valence electrons. The van der Waals surface area contributed by atoms with Gasteiger partial charge in [0.25, 0.3) is 0 Å². The van der Waals surface area contributed by atoms with E-state index >= 15 is 0 Å². The molecule has 0 radical (unpaired) electrons. The second-order valence-electron chi connectivity index (χ2n) is 7.98. The maximum Gasteiger partial charge on any atom is 0.218 e. The molecule has 2 aromatic heterocycles. The highest BCUT2D eigenvalue weighted by Gasteiger charge is 2.16. The number of benzene rings is 2. The summed E-state index contributed by atoms with van der Waals surface area (Å²) in [5.41, 5.74) is 3.81. The molecule has 36 heavy (non-hydrogen) atoms. The summed E-state index contributed by atoms with van der Waals surface area (Å²) in [7, 11) is 3.36. The van der Waals surface area contributed by atoms with Gasteiger partial charge in [-0.25, -0.2) is 9.36 Å². The summed E-state index contributed by atoms with van der Waals surface area (Å²) < 4.78 is 2.82. The molecule has 10 heteroatoms. The lowest BCUT2D eigenvalue weighted by molar-refractivity contribution is 0.341. The fourth-order valence-electron chi connectivity index (χ4n) is 3.44. The van der Waals surface area contributed by atoms with Gasteiger partial charge in [0.05, 0.1) is 33.9 Å². The molecule has 0 saturated carbocycles. The molecule has 2 heterocycles. The van der Waals surface area contributed by atoms with Crippen molar-refractivity contribution < 1.29 is 19.9 Å². The first kappa shape index (κ1) is 26.0. The molecule has 0 aliphatic carbocycles. The maximum atomic E-state index is 9.85. The molecule has 0 bridgehead atoms. The molecule has 0 amide bonds. The van der Waals surface area contributed by atoms with Crippen LogP contribution in [0.1, 0.15) is 36.4 Å². The lowest BCUT2D eigenvalue weighted by Crippen LogP contribution is -1.99. The highest BCUT2D eigenvalue weighted by molar-refractivity contribution is 6.01. The molecule has 10 nitrogen and oxygen atoms in total. The molecule has 2 aromatic carbocycles. The maximum absolute atomic E-state index is 9.85. The largest absolute Gasteiger partial charge is 0.493 e. The van der Waals surface area contributed by atoms with Crippen LogP contribution in [-0.4, -0.2) is 41.2 Å². The Morgan fingerprint density at radius 1 is 0.667 bits per heavy atom. The van der Waals surface area contributed by atoms with Gasteiger partial charge < -0.3 is 19.9 Å². The molecule has 0 fully saturated rings. The second kappa shape index (κ2) is 11.7. The van der Waals surface area contributed by atoms with E-state index in [2.05, 4.69) is 20.5 Å². The monoisotopic (exact) mass is 490 g/mol. The van der Waals surface area contributed by atoms with E-state index in [4.69, 9.17) is 9.68 Å². The minimum Gasteiger partial charge on any atom is -0.493 e. The highest BCUT2D eigenvalue weighted by Crippen LogP contribution is 2.22. The molecular formula is C26H30N6O4. The van der Waals surface area contributed by atoms with Crippen molar-refractivity contribution in [2.24, 2.45) is 24.4 Å². The normalized spacial score (nSPS) is 11.6. The molecule has 0 aliphatic heterocycles. The third kappa shape index (κ3) is 6.29. The van der Waals surface area contributed by atoms with Gasteiger partial charge in [0.1, 0.15) is 0 Å². The Morgan fingerprint density at radius 3 is 1.28 bits per heavy atom. The summed E-state index contributed by atoms with van der Waals surface area (Å²) in [6.45, 7) is 7.17. The van der Waals surface area contributed by atoms with Crippen LogP contribution in [0.25, 0.3) is 0 Å². The van der Waals surface area contributed by atoms with Crippen molar-refractivity contribution in [2.75, 3.05) is 0 Å². The first-order valence-electron chi connectivity index (χ1n) is 11.2. The van der Waals surface area contributed by atoms with Crippen LogP contribution in [0.4, 0.5) is 0 Å². The number of aromatic nitrogens is 4. The molecule has 0 saturated heterocycles. The van der Waals surface area contributed by atoms with Crippen molar-refractivity contribution in [2.45, 2.75) is 27.7 Å². The molecule has 0 spiro atoms. The fraction of sp³-hybridized carbons (Fsp3) is 0.231. The number of hydrogen-bond acceptors (Lipinski definition) is 8. The second-order valence-corrected chi connectivity index (χ2v) is 7.98. The van der Waals surface area contributed by atoms with Gasteiger partial charge in [0.15, 0.2) is 11.5 Å². The van der Waals surface area contributed by atoms with Gasteiger partial charge in [-0.2, -0.15) is 10.2 Å². The summed E-state index contributed by atoms with van der Waals surface area (Å²) in [6, 6.07) is 18.5. The summed E-state index contributed by atoms with van der Waals surface area (Å²) >= 11 is 0. The minimum atomic E-state index is 0.0883. The van der Waals surface area contributed by atoms with Gasteiger partial charge in [-0.15, -0.1) is 0 Å². The van der Waals surface area contributed by atoms with E-state index in [9.17, 15) is 10.2 Å². The number of aromatic hydroxyl groups is 2. The van der Waals surface area contributed by atoms with Crippen molar-refractivity contribution in [3.05, 3.63) is 83.2 Å². The van der Waals surface area contributed by atoms with Crippen LogP contribution < -0.4 is 9.68 Å². The summed E-state index contributed by atoms with van der Waals surface area (Å²) in [4.78, 5) is 10.6. The molecule has 0 aliphatic rings. The third-order valence-electron chi connectivity index (χ3n) is 5.17. The van der Waals surface area contributed by atoms with E-state index in [1.54, 1.807) is 27.9 Å². The molecule has 0 atom stereocenters. The van der Waals surface area contributed by atoms with Crippen LogP contribution in [0.15, 0.2) is 71.0 Å². The minimum absolute atomic E-state index is 0.0883. The molecule has 4 rings (SSSR count). The Balaban J connectivity index is 0.000000201. The van der Waals surface area contributed by atoms with Gasteiger partial charge in [0, 0.05) is 14.1 Å². The number of rotatable bonds is 6. The van der Waals surface area contributed by atoms with Gasteiger partial charge in [-0.1, -0.05) is 46.7 Å². The first-order valence-corrected chi connectivity index (χ1v) is 11.2. The predicted molar refractivity (Wildman–Crippen MR) is 138 cm³/mol. The van der Waals surface area contributed by atoms with Crippen molar-refractivity contribution in [3.8, 4) is 23.3 Å². The Hall–Kier alpha value is -4.60. The van der Waals surface area contributed by atoms with Gasteiger partial charge >= 0.3 is 0 Å². The lowest BCUT2D eigenvalue weighted by atomic mass is 10.2. The Bertz CT molecular complexity index is 1250. The molecule has 2 N–H and O–H groups in total. The zero-order valence-corrected chi connectivity index (χ0v) is 21.2. The number of para-hydroxylation sites is 2. The van der Waals surface area contributed by atoms with Crippen molar-refractivity contribution in [3.63, 3.8) is 0 Å². The van der Waals surface area contributed by atoms with Gasteiger partial charge in [-0.3, -0.25) is 0 Å². The fourth-order valence-corrected chi connectivity index (χ4v) is 3.44. The van der Waals surface area contributed by atoms with Crippen LogP contribution in [0, 0.1) is 13.8 Å². The van der Waals surface area contributed by atoms with Crippen LogP contribution >= 0.6 is 0 Å². The third-order valence-corrected chi connectivity index (χ3v) is 5.17. The van der Waals surface area contributed by atoms with E-state index < -0.39 is 0 Å². The van der Waals surface area contributed by atoms with Crippen LogP contribution in [0.3, 0.4) is 0 Å². The van der Waals surface area contributed by atoms with Crippen molar-refractivity contribution in [1.29, 1.82) is 0 Å². The van der Waals surface area contributed by atoms with Crippen LogP contribution in [0.5, 0.6) is 23.3 Å². The first-order chi connectivity index (χ1) is 17.2. The van der Waals surface area contributed by atoms with E-state index in [1.165, 1.54) is 9.36 Å². The predicted octanol–water partition coefficient (Wildman–Crippen LogP) is 4.47. The Kier molecular flexibility index (Phi) is 8.45. The molecule has 0 unspecified atom stereocenters. The van der Waals surface area contributed by atoms with E-state index in [-0.39, 0.29) is 11.8 Å². The topological polar surface area (TPSA) is 119 Å². The SMILES string of the molecule is CC(=NOc1ccccc1)c1c(C)nn(C)c1O.CC(=NOc1ccccc1)c1c(C)nn(C)c1O. The zero-order chi connectivity index (χ0) is 26.2. The lowest BCUT2D eigenvalue weighted by Gasteiger charge is -2.01. The quantitative estimate of drug-likeness (QED) is 0.304. The summed E-state index contributed by atoms with van der Waals surface area (Å²) in [5.74, 6) is 1.48.